The van der Waals surface area contributed by atoms with Crippen molar-refractivity contribution in [3.63, 3.8) is 0 Å². The van der Waals surface area contributed by atoms with Crippen LogP contribution in [-0.4, -0.2) is 27.0 Å². The van der Waals surface area contributed by atoms with Gasteiger partial charge in [0.1, 0.15) is 5.69 Å². The third-order valence-electron chi connectivity index (χ3n) is 4.91. The lowest BCUT2D eigenvalue weighted by Crippen LogP contribution is -2.25. The number of aryl methyl sites for hydroxylation is 1. The van der Waals surface area contributed by atoms with Crippen LogP contribution in [0.5, 0.6) is 0 Å². The van der Waals surface area contributed by atoms with Crippen LogP contribution in [0.1, 0.15) is 42.5 Å². The van der Waals surface area contributed by atoms with Crippen LogP contribution in [-0.2, 0) is 16.0 Å². The van der Waals surface area contributed by atoms with Gasteiger partial charge in [0.25, 0.3) is 5.90 Å². The largest absolute Gasteiger partial charge is 0.445 e. The SMILES string of the molecule is CCc1ccc([C@H]2OC(c3[nH]nc(-c4ccccc4)c3C)=NN2C(C)=O)cc1. The average Bonchev–Trinajstić information content (AvgIpc) is 3.32. The van der Waals surface area contributed by atoms with Crippen molar-refractivity contribution in [2.45, 2.75) is 33.4 Å². The molecular formula is C22H22N4O2. The van der Waals surface area contributed by atoms with E-state index in [-0.39, 0.29) is 5.91 Å². The van der Waals surface area contributed by atoms with Gasteiger partial charge in [-0.05, 0) is 18.9 Å². The van der Waals surface area contributed by atoms with E-state index in [2.05, 4.69) is 22.2 Å². The molecule has 0 bridgehead atoms. The molecule has 0 aliphatic carbocycles. The van der Waals surface area contributed by atoms with E-state index in [0.717, 1.165) is 28.8 Å². The Morgan fingerprint density at radius 1 is 1.14 bits per heavy atom. The zero-order valence-electron chi connectivity index (χ0n) is 16.1. The summed E-state index contributed by atoms with van der Waals surface area (Å²) in [6.07, 6.45) is 0.376. The van der Waals surface area contributed by atoms with E-state index in [1.54, 1.807) is 0 Å². The van der Waals surface area contributed by atoms with Crippen LogP contribution < -0.4 is 0 Å². The number of benzene rings is 2. The lowest BCUT2D eigenvalue weighted by Gasteiger charge is -2.19. The Morgan fingerprint density at radius 2 is 1.86 bits per heavy atom. The van der Waals surface area contributed by atoms with Gasteiger partial charge in [-0.2, -0.15) is 10.1 Å². The summed E-state index contributed by atoms with van der Waals surface area (Å²) in [4.78, 5) is 12.2. The Kier molecular flexibility index (Phi) is 4.69. The van der Waals surface area contributed by atoms with Crippen LogP contribution in [0.25, 0.3) is 11.3 Å². The van der Waals surface area contributed by atoms with E-state index >= 15 is 0 Å². The molecule has 2 aromatic carbocycles. The second kappa shape index (κ2) is 7.31. The Hall–Kier alpha value is -3.41. The molecule has 1 aromatic heterocycles. The first-order valence-electron chi connectivity index (χ1n) is 9.33. The summed E-state index contributed by atoms with van der Waals surface area (Å²) in [5, 5.41) is 13.3. The van der Waals surface area contributed by atoms with E-state index < -0.39 is 6.23 Å². The van der Waals surface area contributed by atoms with Crippen molar-refractivity contribution < 1.29 is 9.53 Å². The van der Waals surface area contributed by atoms with Crippen LogP contribution in [0.2, 0.25) is 0 Å². The lowest BCUT2D eigenvalue weighted by atomic mass is 10.1. The standard InChI is InChI=1S/C22H22N4O2/c1-4-16-10-12-18(13-11-16)22-26(15(3)27)25-21(28-22)20-14(2)19(23-24-20)17-8-6-5-7-9-17/h5-13,22H,4H2,1-3H3,(H,23,24)/t22-/m1/s1. The van der Waals surface area contributed by atoms with Gasteiger partial charge in [0.15, 0.2) is 0 Å². The maximum atomic E-state index is 12.2. The number of aromatic nitrogens is 2. The summed E-state index contributed by atoms with van der Waals surface area (Å²) in [5.41, 5.74) is 5.57. The molecule has 0 unspecified atom stereocenters. The van der Waals surface area contributed by atoms with Crippen LogP contribution in [0.3, 0.4) is 0 Å². The quantitative estimate of drug-likeness (QED) is 0.744. The van der Waals surface area contributed by atoms with Gasteiger partial charge < -0.3 is 4.74 Å². The summed E-state index contributed by atoms with van der Waals surface area (Å²) in [5.74, 6) is 0.187. The smallest absolute Gasteiger partial charge is 0.259 e. The van der Waals surface area contributed by atoms with E-state index in [1.165, 1.54) is 17.5 Å². The van der Waals surface area contributed by atoms with Gasteiger partial charge >= 0.3 is 0 Å². The number of carbonyl (C=O) groups is 1. The predicted octanol–water partition coefficient (Wildman–Crippen LogP) is 4.19. The Balaban J connectivity index is 1.66. The van der Waals surface area contributed by atoms with Crippen molar-refractivity contribution in [1.29, 1.82) is 0 Å². The summed E-state index contributed by atoms with van der Waals surface area (Å²) in [6.45, 7) is 5.56. The molecule has 1 atom stereocenters. The molecule has 0 saturated heterocycles. The minimum absolute atomic E-state index is 0.181. The lowest BCUT2D eigenvalue weighted by molar-refractivity contribution is -0.135. The Morgan fingerprint density at radius 3 is 2.50 bits per heavy atom. The molecule has 6 heteroatoms. The number of ether oxygens (including phenoxy) is 1. The third-order valence-corrected chi connectivity index (χ3v) is 4.91. The van der Waals surface area contributed by atoms with Crippen molar-refractivity contribution in [1.82, 2.24) is 15.2 Å². The van der Waals surface area contributed by atoms with Crippen molar-refractivity contribution in [2.24, 2.45) is 5.10 Å². The number of aromatic amines is 1. The van der Waals surface area contributed by atoms with Crippen LogP contribution in [0.4, 0.5) is 0 Å². The first kappa shape index (κ1) is 18.0. The fourth-order valence-corrected chi connectivity index (χ4v) is 3.28. The maximum Gasteiger partial charge on any atom is 0.259 e. The van der Waals surface area contributed by atoms with Gasteiger partial charge in [-0.25, -0.2) is 0 Å². The fraction of sp³-hybridized carbons (Fsp3) is 0.227. The van der Waals surface area contributed by atoms with Gasteiger partial charge in [0.05, 0.1) is 5.69 Å². The number of rotatable bonds is 4. The molecule has 6 nitrogen and oxygen atoms in total. The molecule has 28 heavy (non-hydrogen) atoms. The fourth-order valence-electron chi connectivity index (χ4n) is 3.28. The average molecular weight is 374 g/mol. The minimum atomic E-state index is -0.582. The molecule has 142 valence electrons. The first-order valence-corrected chi connectivity index (χ1v) is 9.33. The van der Waals surface area contributed by atoms with E-state index in [1.807, 2.05) is 61.5 Å². The molecule has 0 saturated carbocycles. The first-order chi connectivity index (χ1) is 13.6. The number of hydrogen-bond acceptors (Lipinski definition) is 4. The van der Waals surface area contributed by atoms with E-state index in [0.29, 0.717) is 11.6 Å². The monoisotopic (exact) mass is 374 g/mol. The Bertz CT molecular complexity index is 1020. The summed E-state index contributed by atoms with van der Waals surface area (Å²) in [6, 6.07) is 18.0. The minimum Gasteiger partial charge on any atom is -0.445 e. The molecule has 2 heterocycles. The topological polar surface area (TPSA) is 70.6 Å². The number of nitrogens with one attached hydrogen (secondary N) is 1. The summed E-state index contributed by atoms with van der Waals surface area (Å²) >= 11 is 0. The van der Waals surface area contributed by atoms with E-state index in [4.69, 9.17) is 4.74 Å². The van der Waals surface area contributed by atoms with Crippen molar-refractivity contribution >= 4 is 11.8 Å². The molecular weight excluding hydrogens is 352 g/mol. The molecule has 1 aliphatic heterocycles. The van der Waals surface area contributed by atoms with Gasteiger partial charge in [-0.1, -0.05) is 61.5 Å². The summed E-state index contributed by atoms with van der Waals surface area (Å²) < 4.78 is 6.09. The molecule has 0 spiro atoms. The number of hydrogen-bond donors (Lipinski definition) is 1. The van der Waals surface area contributed by atoms with Crippen molar-refractivity contribution in [3.05, 3.63) is 77.0 Å². The zero-order chi connectivity index (χ0) is 19.7. The molecule has 0 radical (unpaired) electrons. The van der Waals surface area contributed by atoms with Gasteiger partial charge in [-0.15, -0.1) is 5.10 Å². The van der Waals surface area contributed by atoms with Crippen LogP contribution in [0, 0.1) is 6.92 Å². The molecule has 3 aromatic rings. The molecule has 4 rings (SSSR count). The van der Waals surface area contributed by atoms with Gasteiger partial charge in [0, 0.05) is 23.6 Å². The maximum absolute atomic E-state index is 12.2. The molecule has 1 amide bonds. The predicted molar refractivity (Wildman–Crippen MR) is 107 cm³/mol. The third kappa shape index (κ3) is 3.17. The second-order valence-electron chi connectivity index (χ2n) is 6.77. The highest BCUT2D eigenvalue weighted by atomic mass is 16.5. The number of amides is 1. The second-order valence-corrected chi connectivity index (χ2v) is 6.77. The van der Waals surface area contributed by atoms with Gasteiger partial charge in [-0.3, -0.25) is 9.89 Å². The Labute approximate surface area is 163 Å². The van der Waals surface area contributed by atoms with Crippen LogP contribution in [0.15, 0.2) is 59.7 Å². The van der Waals surface area contributed by atoms with Crippen molar-refractivity contribution in [3.8, 4) is 11.3 Å². The highest BCUT2D eigenvalue weighted by Gasteiger charge is 2.34. The number of hydrazone groups is 1. The normalized spacial score (nSPS) is 16.0. The van der Waals surface area contributed by atoms with E-state index in [9.17, 15) is 4.79 Å². The highest BCUT2D eigenvalue weighted by molar-refractivity contribution is 5.97. The van der Waals surface area contributed by atoms with Crippen molar-refractivity contribution in [2.75, 3.05) is 0 Å². The van der Waals surface area contributed by atoms with Crippen LogP contribution >= 0.6 is 0 Å². The molecule has 1 aliphatic rings. The van der Waals surface area contributed by atoms with Gasteiger partial charge in [0.2, 0.25) is 12.1 Å². The number of H-pyrrole nitrogens is 1. The zero-order valence-corrected chi connectivity index (χ0v) is 16.1. The molecule has 1 N–H and O–H groups in total. The number of carbonyl (C=O) groups excluding carboxylic acids is 1. The summed E-state index contributed by atoms with van der Waals surface area (Å²) in [7, 11) is 0. The molecule has 0 fully saturated rings. The number of nitrogens with zero attached hydrogens (tertiary/aromatic N) is 3. The highest BCUT2D eigenvalue weighted by Crippen LogP contribution is 2.32.